The number of anilines is 3. The number of rotatable bonds is 4. The van der Waals surface area contributed by atoms with E-state index < -0.39 is 0 Å². The van der Waals surface area contributed by atoms with Crippen molar-refractivity contribution < 1.29 is 9.47 Å². The van der Waals surface area contributed by atoms with Crippen LogP contribution in [0.2, 0.25) is 0 Å². The molecule has 3 heterocycles. The van der Waals surface area contributed by atoms with Gasteiger partial charge in [-0.3, -0.25) is 0 Å². The fourth-order valence-corrected chi connectivity index (χ4v) is 3.45. The summed E-state index contributed by atoms with van der Waals surface area (Å²) in [6, 6.07) is 9.86. The number of morpholine rings is 1. The van der Waals surface area contributed by atoms with E-state index in [0.29, 0.717) is 13.2 Å². The van der Waals surface area contributed by atoms with Gasteiger partial charge in [-0.25, -0.2) is 4.98 Å². The summed E-state index contributed by atoms with van der Waals surface area (Å²) in [5.74, 6) is 2.38. The first kappa shape index (κ1) is 15.2. The van der Waals surface area contributed by atoms with Crippen molar-refractivity contribution in [2.45, 2.75) is 0 Å². The lowest BCUT2D eigenvalue weighted by Gasteiger charge is -2.27. The minimum Gasteiger partial charge on any atom is -0.497 e. The molecule has 4 rings (SSSR count). The Morgan fingerprint density at radius 2 is 2.08 bits per heavy atom. The van der Waals surface area contributed by atoms with E-state index in [4.69, 9.17) is 19.4 Å². The number of benzene rings is 1. The predicted molar refractivity (Wildman–Crippen MR) is 96.7 cm³/mol. The molecule has 0 radical (unpaired) electrons. The maximum Gasteiger partial charge on any atom is 0.228 e. The summed E-state index contributed by atoms with van der Waals surface area (Å²) in [7, 11) is 1.66. The first-order chi connectivity index (χ1) is 11.8. The van der Waals surface area contributed by atoms with Crippen molar-refractivity contribution in [2.24, 2.45) is 0 Å². The van der Waals surface area contributed by atoms with Gasteiger partial charge in [-0.05, 0) is 23.6 Å². The predicted octanol–water partition coefficient (Wildman–Crippen LogP) is 3.28. The van der Waals surface area contributed by atoms with Crippen molar-refractivity contribution in [1.82, 2.24) is 9.97 Å². The van der Waals surface area contributed by atoms with Crippen molar-refractivity contribution in [2.75, 3.05) is 43.6 Å². The molecule has 0 atom stereocenters. The normalized spacial score (nSPS) is 14.8. The highest BCUT2D eigenvalue weighted by atomic mass is 32.1. The molecule has 24 heavy (non-hydrogen) atoms. The zero-order valence-corrected chi connectivity index (χ0v) is 14.2. The molecule has 6 nitrogen and oxygen atoms in total. The molecule has 7 heteroatoms. The van der Waals surface area contributed by atoms with Gasteiger partial charge in [0.05, 0.1) is 30.5 Å². The Morgan fingerprint density at radius 1 is 1.21 bits per heavy atom. The van der Waals surface area contributed by atoms with Crippen LogP contribution in [0.1, 0.15) is 0 Å². The molecule has 0 saturated carbocycles. The Morgan fingerprint density at radius 3 is 2.92 bits per heavy atom. The molecule has 1 aromatic carbocycles. The molecule has 3 aromatic rings. The Kier molecular flexibility index (Phi) is 4.18. The van der Waals surface area contributed by atoms with Gasteiger partial charge in [0.1, 0.15) is 5.75 Å². The van der Waals surface area contributed by atoms with Crippen LogP contribution in [0.25, 0.3) is 10.2 Å². The topological polar surface area (TPSA) is 59.5 Å². The number of hydrogen-bond acceptors (Lipinski definition) is 7. The summed E-state index contributed by atoms with van der Waals surface area (Å²) in [6.45, 7) is 3.05. The van der Waals surface area contributed by atoms with Crippen molar-refractivity contribution >= 4 is 39.0 Å². The molecule has 0 aliphatic carbocycles. The van der Waals surface area contributed by atoms with Crippen LogP contribution in [-0.2, 0) is 4.74 Å². The van der Waals surface area contributed by atoms with Gasteiger partial charge in [0.15, 0.2) is 5.82 Å². The number of nitrogens with one attached hydrogen (secondary N) is 1. The van der Waals surface area contributed by atoms with Crippen LogP contribution in [-0.4, -0.2) is 43.4 Å². The van der Waals surface area contributed by atoms with Crippen LogP contribution in [0.4, 0.5) is 17.5 Å². The van der Waals surface area contributed by atoms with E-state index in [2.05, 4.69) is 10.2 Å². The lowest BCUT2D eigenvalue weighted by molar-refractivity contribution is 0.122. The number of nitrogens with zero attached hydrogens (tertiary/aromatic N) is 3. The van der Waals surface area contributed by atoms with E-state index in [1.165, 1.54) is 0 Å². The monoisotopic (exact) mass is 342 g/mol. The largest absolute Gasteiger partial charge is 0.497 e. The summed E-state index contributed by atoms with van der Waals surface area (Å²) < 4.78 is 11.8. The molecule has 1 N–H and O–H groups in total. The van der Waals surface area contributed by atoms with Crippen LogP contribution in [0.15, 0.2) is 35.7 Å². The van der Waals surface area contributed by atoms with Gasteiger partial charge in [-0.15, -0.1) is 11.3 Å². The lowest BCUT2D eigenvalue weighted by atomic mass is 10.3. The van der Waals surface area contributed by atoms with Gasteiger partial charge in [-0.2, -0.15) is 4.98 Å². The fraction of sp³-hybridized carbons (Fsp3) is 0.294. The van der Waals surface area contributed by atoms with Gasteiger partial charge in [0.2, 0.25) is 5.95 Å². The number of aromatic nitrogens is 2. The molecule has 1 fully saturated rings. The third kappa shape index (κ3) is 3.00. The highest BCUT2D eigenvalue weighted by molar-refractivity contribution is 7.17. The minimum absolute atomic E-state index is 0.712. The summed E-state index contributed by atoms with van der Waals surface area (Å²) >= 11 is 1.64. The van der Waals surface area contributed by atoms with E-state index in [1.807, 2.05) is 35.7 Å². The van der Waals surface area contributed by atoms with Gasteiger partial charge in [-0.1, -0.05) is 6.07 Å². The van der Waals surface area contributed by atoms with E-state index >= 15 is 0 Å². The average molecular weight is 342 g/mol. The van der Waals surface area contributed by atoms with Gasteiger partial charge in [0.25, 0.3) is 0 Å². The van der Waals surface area contributed by atoms with Crippen molar-refractivity contribution in [3.63, 3.8) is 0 Å². The molecular formula is C17H18N4O2S. The second-order valence-corrected chi connectivity index (χ2v) is 6.38. The molecule has 0 bridgehead atoms. The number of thiophene rings is 1. The first-order valence-corrected chi connectivity index (χ1v) is 8.70. The van der Waals surface area contributed by atoms with Crippen LogP contribution in [0.3, 0.4) is 0 Å². The van der Waals surface area contributed by atoms with Crippen LogP contribution in [0.5, 0.6) is 5.75 Å². The molecule has 0 spiro atoms. The summed E-state index contributed by atoms with van der Waals surface area (Å²) in [4.78, 5) is 11.6. The highest BCUT2D eigenvalue weighted by Gasteiger charge is 2.17. The van der Waals surface area contributed by atoms with Gasteiger partial charge in [0, 0.05) is 24.8 Å². The smallest absolute Gasteiger partial charge is 0.228 e. The number of hydrogen-bond donors (Lipinski definition) is 1. The zero-order valence-electron chi connectivity index (χ0n) is 13.4. The fourth-order valence-electron chi connectivity index (χ4n) is 2.68. The summed E-state index contributed by atoms with van der Waals surface area (Å²) in [5.41, 5.74) is 1.90. The van der Waals surface area contributed by atoms with E-state index in [9.17, 15) is 0 Å². The van der Waals surface area contributed by atoms with Crippen LogP contribution < -0.4 is 15.0 Å². The molecule has 124 valence electrons. The van der Waals surface area contributed by atoms with E-state index in [0.717, 1.165) is 46.5 Å². The Bertz CT molecular complexity index is 845. The number of ether oxygens (including phenoxy) is 2. The van der Waals surface area contributed by atoms with Crippen LogP contribution in [0, 0.1) is 0 Å². The quantitative estimate of drug-likeness (QED) is 0.785. The third-order valence-corrected chi connectivity index (χ3v) is 4.83. The Labute approximate surface area is 144 Å². The molecule has 1 aliphatic heterocycles. The third-order valence-electron chi connectivity index (χ3n) is 3.92. The average Bonchev–Trinajstić information content (AvgIpc) is 3.11. The zero-order chi connectivity index (χ0) is 16.4. The second kappa shape index (κ2) is 6.62. The Hall–Kier alpha value is -2.38. The molecule has 1 aliphatic rings. The molecule has 2 aromatic heterocycles. The summed E-state index contributed by atoms with van der Waals surface area (Å²) in [5, 5.41) is 5.45. The SMILES string of the molecule is COc1cccc(Nc2nc(N3CCOCC3)nc3ccsc23)c1. The maximum absolute atomic E-state index is 5.42. The molecule has 1 saturated heterocycles. The standard InChI is InChI=1S/C17H18N4O2S/c1-22-13-4-2-3-12(11-13)18-16-15-14(5-10-24-15)19-17(20-16)21-6-8-23-9-7-21/h2-5,10-11H,6-9H2,1H3,(H,18,19,20). The first-order valence-electron chi connectivity index (χ1n) is 7.82. The van der Waals surface area contributed by atoms with E-state index in [1.54, 1.807) is 18.4 Å². The summed E-state index contributed by atoms with van der Waals surface area (Å²) in [6.07, 6.45) is 0. The van der Waals surface area contributed by atoms with Crippen molar-refractivity contribution in [1.29, 1.82) is 0 Å². The second-order valence-electron chi connectivity index (χ2n) is 5.46. The van der Waals surface area contributed by atoms with Gasteiger partial charge >= 0.3 is 0 Å². The lowest BCUT2D eigenvalue weighted by Crippen LogP contribution is -2.37. The minimum atomic E-state index is 0.712. The van der Waals surface area contributed by atoms with Gasteiger partial charge < -0.3 is 19.7 Å². The Balaban J connectivity index is 1.71. The van der Waals surface area contributed by atoms with Crippen molar-refractivity contribution in [3.8, 4) is 5.75 Å². The molecular weight excluding hydrogens is 324 g/mol. The number of fused-ring (bicyclic) bond motifs is 1. The molecule has 0 amide bonds. The number of methoxy groups -OCH3 is 1. The van der Waals surface area contributed by atoms with Crippen molar-refractivity contribution in [3.05, 3.63) is 35.7 Å². The highest BCUT2D eigenvalue weighted by Crippen LogP contribution is 2.31. The molecule has 0 unspecified atom stereocenters. The van der Waals surface area contributed by atoms with Crippen LogP contribution >= 0.6 is 11.3 Å². The van der Waals surface area contributed by atoms with E-state index in [-0.39, 0.29) is 0 Å². The maximum atomic E-state index is 5.42.